The quantitative estimate of drug-likeness (QED) is 0.803. The molecule has 0 saturated heterocycles. The molecular formula is C17H15Cl2NO. The summed E-state index contributed by atoms with van der Waals surface area (Å²) in [4.78, 5) is 0. The predicted molar refractivity (Wildman–Crippen MR) is 89.4 cm³/mol. The number of halogens is 2. The second kappa shape index (κ2) is 5.63. The maximum atomic E-state index is 10.2. The highest BCUT2D eigenvalue weighted by molar-refractivity contribution is 6.31. The van der Waals surface area contributed by atoms with Gasteiger partial charge in [0.05, 0.1) is 0 Å². The zero-order chi connectivity index (χ0) is 15.0. The zero-order valence-electron chi connectivity index (χ0n) is 11.6. The Morgan fingerprint density at radius 3 is 2.52 bits per heavy atom. The lowest BCUT2D eigenvalue weighted by Crippen LogP contribution is -2.15. The van der Waals surface area contributed by atoms with E-state index in [0.717, 1.165) is 34.8 Å². The van der Waals surface area contributed by atoms with Crippen LogP contribution in [0.15, 0.2) is 42.0 Å². The highest BCUT2D eigenvalue weighted by atomic mass is 35.5. The predicted octanol–water partition coefficient (Wildman–Crippen LogP) is 5.14. The molecule has 3 rings (SSSR count). The van der Waals surface area contributed by atoms with Crippen molar-refractivity contribution in [2.45, 2.75) is 13.3 Å². The summed E-state index contributed by atoms with van der Waals surface area (Å²) in [7, 11) is 0. The van der Waals surface area contributed by atoms with E-state index >= 15 is 0 Å². The van der Waals surface area contributed by atoms with Gasteiger partial charge in [-0.3, -0.25) is 0 Å². The molecule has 0 aromatic heterocycles. The van der Waals surface area contributed by atoms with E-state index < -0.39 is 0 Å². The average Bonchev–Trinajstić information content (AvgIpc) is 2.43. The minimum absolute atomic E-state index is 0.218. The van der Waals surface area contributed by atoms with E-state index in [1.807, 2.05) is 37.3 Å². The summed E-state index contributed by atoms with van der Waals surface area (Å²) >= 11 is 11.9. The first-order valence-corrected chi connectivity index (χ1v) is 7.50. The third kappa shape index (κ3) is 2.87. The number of rotatable bonds is 2. The van der Waals surface area contributed by atoms with Crippen LogP contribution in [0, 0.1) is 0 Å². The topological polar surface area (TPSA) is 32.3 Å². The number of hydrogen-bond acceptors (Lipinski definition) is 2. The van der Waals surface area contributed by atoms with E-state index in [-0.39, 0.29) is 5.75 Å². The minimum Gasteiger partial charge on any atom is -0.507 e. The Labute approximate surface area is 134 Å². The molecule has 0 spiro atoms. The second-order valence-electron chi connectivity index (χ2n) is 5.23. The normalized spacial score (nSPS) is 13.9. The third-order valence-electron chi connectivity index (χ3n) is 3.81. The molecule has 2 aromatic carbocycles. The molecule has 0 bridgehead atoms. The summed E-state index contributed by atoms with van der Waals surface area (Å²) in [6.07, 6.45) is 0.831. The van der Waals surface area contributed by atoms with Crippen LogP contribution in [0.1, 0.15) is 18.1 Å². The largest absolute Gasteiger partial charge is 0.507 e. The number of fused-ring (bicyclic) bond motifs is 1. The molecule has 1 aliphatic heterocycles. The van der Waals surface area contributed by atoms with Gasteiger partial charge < -0.3 is 10.4 Å². The lowest BCUT2D eigenvalue weighted by Gasteiger charge is -2.24. The molecule has 0 saturated carbocycles. The van der Waals surface area contributed by atoms with Gasteiger partial charge in [0.15, 0.2) is 0 Å². The molecule has 4 heteroatoms. The molecule has 1 aliphatic rings. The molecule has 21 heavy (non-hydrogen) atoms. The van der Waals surface area contributed by atoms with E-state index in [0.29, 0.717) is 5.02 Å². The Morgan fingerprint density at radius 2 is 1.81 bits per heavy atom. The van der Waals surface area contributed by atoms with Crippen LogP contribution in [0.4, 0.5) is 5.69 Å². The van der Waals surface area contributed by atoms with Crippen molar-refractivity contribution >= 4 is 34.5 Å². The van der Waals surface area contributed by atoms with Crippen molar-refractivity contribution in [3.63, 3.8) is 0 Å². The van der Waals surface area contributed by atoms with Gasteiger partial charge in [0.25, 0.3) is 0 Å². The fourth-order valence-corrected chi connectivity index (χ4v) is 3.02. The standard InChI is InChI=1S/C17H15Cl2NO/c1-10-12(6-11-2-4-13(18)5-3-11)9-20-15-7-14(19)8-16(21)17(10)15/h2-5,7-8,20-21H,6,9H2,1H3. The fourth-order valence-electron chi connectivity index (χ4n) is 2.68. The Bertz CT molecular complexity index is 720. The van der Waals surface area contributed by atoms with E-state index in [9.17, 15) is 5.11 Å². The first-order valence-electron chi connectivity index (χ1n) is 6.74. The number of aromatic hydroxyl groups is 1. The molecule has 2 nitrogen and oxygen atoms in total. The SMILES string of the molecule is CC1=C(Cc2ccc(Cl)cc2)CNc2cc(Cl)cc(O)c21. The summed E-state index contributed by atoms with van der Waals surface area (Å²) in [5.74, 6) is 0.218. The summed E-state index contributed by atoms with van der Waals surface area (Å²) in [5.41, 5.74) is 5.29. The molecular weight excluding hydrogens is 305 g/mol. The first kappa shape index (κ1) is 14.3. The van der Waals surface area contributed by atoms with Gasteiger partial charge in [0, 0.05) is 27.8 Å². The number of hydrogen-bond donors (Lipinski definition) is 2. The van der Waals surface area contributed by atoms with Crippen LogP contribution in [0.5, 0.6) is 5.75 Å². The smallest absolute Gasteiger partial charge is 0.126 e. The maximum Gasteiger partial charge on any atom is 0.126 e. The summed E-state index contributed by atoms with van der Waals surface area (Å²) < 4.78 is 0. The van der Waals surface area contributed by atoms with Crippen LogP contribution in [-0.4, -0.2) is 11.7 Å². The Morgan fingerprint density at radius 1 is 1.10 bits per heavy atom. The molecule has 0 atom stereocenters. The van der Waals surface area contributed by atoms with Crippen LogP contribution < -0.4 is 5.32 Å². The van der Waals surface area contributed by atoms with Crippen LogP contribution in [0.3, 0.4) is 0 Å². The second-order valence-corrected chi connectivity index (χ2v) is 6.11. The summed E-state index contributed by atoms with van der Waals surface area (Å²) in [6, 6.07) is 11.3. The van der Waals surface area contributed by atoms with Crippen molar-refractivity contribution in [1.29, 1.82) is 0 Å². The maximum absolute atomic E-state index is 10.2. The number of phenolic OH excluding ortho intramolecular Hbond substituents is 1. The number of nitrogens with one attached hydrogen (secondary N) is 1. The highest BCUT2D eigenvalue weighted by Crippen LogP contribution is 2.40. The number of phenols is 1. The number of anilines is 1. The van der Waals surface area contributed by atoms with Crippen molar-refractivity contribution < 1.29 is 5.11 Å². The van der Waals surface area contributed by atoms with Crippen molar-refractivity contribution in [3.05, 3.63) is 63.1 Å². The van der Waals surface area contributed by atoms with Crippen LogP contribution >= 0.6 is 23.2 Å². The third-order valence-corrected chi connectivity index (χ3v) is 4.28. The Hall–Kier alpha value is -1.64. The van der Waals surface area contributed by atoms with Gasteiger partial charge in [0.2, 0.25) is 0 Å². The van der Waals surface area contributed by atoms with Gasteiger partial charge in [-0.2, -0.15) is 0 Å². The Kier molecular flexibility index (Phi) is 3.83. The fraction of sp³-hybridized carbons (Fsp3) is 0.176. The zero-order valence-corrected chi connectivity index (χ0v) is 13.1. The van der Waals surface area contributed by atoms with Crippen molar-refractivity contribution in [3.8, 4) is 5.75 Å². The minimum atomic E-state index is 0.218. The van der Waals surface area contributed by atoms with E-state index in [2.05, 4.69) is 5.32 Å². The average molecular weight is 320 g/mol. The number of allylic oxidation sites excluding steroid dienone is 1. The lowest BCUT2D eigenvalue weighted by atomic mass is 9.91. The van der Waals surface area contributed by atoms with Crippen LogP contribution in [0.2, 0.25) is 10.0 Å². The molecule has 108 valence electrons. The monoisotopic (exact) mass is 319 g/mol. The molecule has 0 unspecified atom stereocenters. The lowest BCUT2D eigenvalue weighted by molar-refractivity contribution is 0.473. The molecule has 1 heterocycles. The summed E-state index contributed by atoms with van der Waals surface area (Å²) in [6.45, 7) is 2.79. The summed E-state index contributed by atoms with van der Waals surface area (Å²) in [5, 5.41) is 14.8. The number of benzene rings is 2. The molecule has 2 aromatic rings. The van der Waals surface area contributed by atoms with E-state index in [4.69, 9.17) is 23.2 Å². The van der Waals surface area contributed by atoms with Crippen LogP contribution in [0.25, 0.3) is 5.57 Å². The van der Waals surface area contributed by atoms with Gasteiger partial charge in [0.1, 0.15) is 5.75 Å². The highest BCUT2D eigenvalue weighted by Gasteiger charge is 2.19. The van der Waals surface area contributed by atoms with Crippen molar-refractivity contribution in [1.82, 2.24) is 0 Å². The molecule has 2 N–H and O–H groups in total. The van der Waals surface area contributed by atoms with E-state index in [1.54, 1.807) is 6.07 Å². The van der Waals surface area contributed by atoms with Crippen molar-refractivity contribution in [2.75, 3.05) is 11.9 Å². The van der Waals surface area contributed by atoms with Gasteiger partial charge in [-0.15, -0.1) is 0 Å². The van der Waals surface area contributed by atoms with Crippen molar-refractivity contribution in [2.24, 2.45) is 0 Å². The molecule has 0 aliphatic carbocycles. The molecule has 0 fully saturated rings. The Balaban J connectivity index is 1.98. The van der Waals surface area contributed by atoms with Gasteiger partial charge in [-0.25, -0.2) is 0 Å². The molecule has 0 amide bonds. The van der Waals surface area contributed by atoms with Crippen LogP contribution in [-0.2, 0) is 6.42 Å². The van der Waals surface area contributed by atoms with E-state index in [1.165, 1.54) is 11.1 Å². The van der Waals surface area contributed by atoms with Gasteiger partial charge in [-0.1, -0.05) is 35.3 Å². The van der Waals surface area contributed by atoms with Gasteiger partial charge >= 0.3 is 0 Å². The van der Waals surface area contributed by atoms with Gasteiger partial charge in [-0.05, 0) is 54.3 Å². The first-order chi connectivity index (χ1) is 10.0. The molecule has 0 radical (unpaired) electrons.